The maximum Gasteiger partial charge on any atom is 0.0589 e. The minimum atomic E-state index is 0.448. The van der Waals surface area contributed by atoms with Crippen molar-refractivity contribution in [3.05, 3.63) is 0 Å². The number of rotatable bonds is 10. The van der Waals surface area contributed by atoms with Gasteiger partial charge in [-0.25, -0.2) is 0 Å². The van der Waals surface area contributed by atoms with Crippen LogP contribution in [0.3, 0.4) is 0 Å². The van der Waals surface area contributed by atoms with E-state index in [9.17, 15) is 0 Å². The number of nitrogens with one attached hydrogen (secondary N) is 1. The molecule has 0 saturated heterocycles. The van der Waals surface area contributed by atoms with Crippen LogP contribution >= 0.6 is 0 Å². The maximum atomic E-state index is 5.32. The van der Waals surface area contributed by atoms with E-state index in [1.807, 2.05) is 0 Å². The number of ether oxygens (including phenoxy) is 2. The van der Waals surface area contributed by atoms with Crippen molar-refractivity contribution in [2.45, 2.75) is 58.5 Å². The molecule has 2 atom stereocenters. The van der Waals surface area contributed by atoms with Crippen LogP contribution in [0.1, 0.15) is 46.5 Å². The maximum absolute atomic E-state index is 5.32. The van der Waals surface area contributed by atoms with Crippen molar-refractivity contribution in [1.29, 1.82) is 0 Å². The molecule has 1 aliphatic rings. The van der Waals surface area contributed by atoms with Crippen LogP contribution < -0.4 is 5.32 Å². The number of hydrogen-bond donors (Lipinski definition) is 1. The quantitative estimate of drug-likeness (QED) is 0.629. The second-order valence-electron chi connectivity index (χ2n) is 7.01. The Balaban J connectivity index is 2.71. The third-order valence-electron chi connectivity index (χ3n) is 4.67. The van der Waals surface area contributed by atoms with Crippen molar-refractivity contribution in [3.8, 4) is 0 Å². The molecule has 1 rings (SSSR count). The molecule has 1 saturated carbocycles. The Morgan fingerprint density at radius 3 is 2.48 bits per heavy atom. The molecule has 0 bridgehead atoms. The van der Waals surface area contributed by atoms with Gasteiger partial charge in [0.2, 0.25) is 0 Å². The van der Waals surface area contributed by atoms with Gasteiger partial charge in [-0.1, -0.05) is 20.8 Å². The number of likely N-dealkylation sites (N-methyl/N-ethyl adjacent to an activating group) is 1. The molecule has 1 fully saturated rings. The molecule has 2 unspecified atom stereocenters. The fraction of sp³-hybridized carbons (Fsp3) is 1.00. The zero-order valence-electron chi connectivity index (χ0n) is 14.8. The van der Waals surface area contributed by atoms with Crippen molar-refractivity contribution in [1.82, 2.24) is 10.2 Å². The molecule has 0 aromatic carbocycles. The first kappa shape index (κ1) is 18.9. The van der Waals surface area contributed by atoms with E-state index in [-0.39, 0.29) is 0 Å². The number of methoxy groups -OCH3 is 2. The van der Waals surface area contributed by atoms with Crippen LogP contribution in [0, 0.1) is 5.41 Å². The molecule has 1 aliphatic carbocycles. The molecule has 0 heterocycles. The highest BCUT2D eigenvalue weighted by atomic mass is 16.5. The Hall–Kier alpha value is -0.160. The first-order valence-corrected chi connectivity index (χ1v) is 8.49. The van der Waals surface area contributed by atoms with Gasteiger partial charge in [0, 0.05) is 46.0 Å². The summed E-state index contributed by atoms with van der Waals surface area (Å²) in [4.78, 5) is 2.62. The third-order valence-corrected chi connectivity index (χ3v) is 4.67. The second kappa shape index (κ2) is 9.78. The van der Waals surface area contributed by atoms with Crippen LogP contribution in [0.5, 0.6) is 0 Å². The lowest BCUT2D eigenvalue weighted by molar-refractivity contribution is 0.0406. The van der Waals surface area contributed by atoms with Crippen molar-refractivity contribution >= 4 is 0 Å². The predicted octanol–water partition coefficient (Wildman–Crippen LogP) is 2.53. The van der Waals surface area contributed by atoms with Crippen LogP contribution in [-0.4, -0.2) is 64.1 Å². The Labute approximate surface area is 131 Å². The molecule has 4 nitrogen and oxygen atoms in total. The summed E-state index contributed by atoms with van der Waals surface area (Å²) in [6.07, 6.45) is 4.95. The minimum absolute atomic E-state index is 0.448. The van der Waals surface area contributed by atoms with Crippen molar-refractivity contribution in [3.63, 3.8) is 0 Å². The van der Waals surface area contributed by atoms with E-state index < -0.39 is 0 Å². The number of nitrogens with zero attached hydrogens (tertiary/aromatic N) is 1. The van der Waals surface area contributed by atoms with E-state index in [4.69, 9.17) is 9.47 Å². The summed E-state index contributed by atoms with van der Waals surface area (Å²) in [5, 5.41) is 3.71. The Morgan fingerprint density at radius 2 is 1.86 bits per heavy atom. The predicted molar refractivity (Wildman–Crippen MR) is 88.8 cm³/mol. The largest absolute Gasteiger partial charge is 0.385 e. The highest BCUT2D eigenvalue weighted by Crippen LogP contribution is 2.37. The molecular formula is C17H36N2O2. The summed E-state index contributed by atoms with van der Waals surface area (Å²) < 4.78 is 10.5. The monoisotopic (exact) mass is 300 g/mol. The smallest absolute Gasteiger partial charge is 0.0589 e. The molecule has 0 aliphatic heterocycles. The van der Waals surface area contributed by atoms with Crippen LogP contribution in [0.25, 0.3) is 0 Å². The number of hydrogen-bond acceptors (Lipinski definition) is 4. The standard InChI is InChI=1S/C17H36N2O2/c1-6-18-15-8-9-17(2,3)14-16(15)19(11-13-21-5)10-7-12-20-4/h15-16,18H,6-14H2,1-5H3. The highest BCUT2D eigenvalue weighted by Gasteiger charge is 2.37. The summed E-state index contributed by atoms with van der Waals surface area (Å²) in [6.45, 7) is 11.8. The van der Waals surface area contributed by atoms with Crippen LogP contribution in [0.2, 0.25) is 0 Å². The van der Waals surface area contributed by atoms with Gasteiger partial charge < -0.3 is 14.8 Å². The lowest BCUT2D eigenvalue weighted by Gasteiger charge is -2.46. The molecule has 0 aromatic heterocycles. The molecular weight excluding hydrogens is 264 g/mol. The van der Waals surface area contributed by atoms with Gasteiger partial charge in [0.05, 0.1) is 6.61 Å². The van der Waals surface area contributed by atoms with Crippen LogP contribution in [0.15, 0.2) is 0 Å². The molecule has 0 amide bonds. The third kappa shape index (κ3) is 6.64. The summed E-state index contributed by atoms with van der Waals surface area (Å²) in [6, 6.07) is 1.23. The van der Waals surface area contributed by atoms with E-state index in [1.165, 1.54) is 19.3 Å². The van der Waals surface area contributed by atoms with Crippen molar-refractivity contribution in [2.75, 3.05) is 47.1 Å². The lowest BCUT2D eigenvalue weighted by atomic mass is 9.72. The fourth-order valence-corrected chi connectivity index (χ4v) is 3.50. The van der Waals surface area contributed by atoms with E-state index >= 15 is 0 Å². The van der Waals surface area contributed by atoms with Gasteiger partial charge in [-0.15, -0.1) is 0 Å². The minimum Gasteiger partial charge on any atom is -0.385 e. The van der Waals surface area contributed by atoms with Crippen molar-refractivity contribution in [2.24, 2.45) is 5.41 Å². The summed E-state index contributed by atoms with van der Waals surface area (Å²) in [5.41, 5.74) is 0.448. The van der Waals surface area contributed by atoms with E-state index in [1.54, 1.807) is 14.2 Å². The SMILES string of the molecule is CCNC1CCC(C)(C)CC1N(CCCOC)CCOC. The van der Waals surface area contributed by atoms with E-state index in [0.717, 1.165) is 39.3 Å². The van der Waals surface area contributed by atoms with Crippen LogP contribution in [0.4, 0.5) is 0 Å². The van der Waals surface area contributed by atoms with Crippen molar-refractivity contribution < 1.29 is 9.47 Å². The molecule has 0 spiro atoms. The Morgan fingerprint density at radius 1 is 1.14 bits per heavy atom. The summed E-state index contributed by atoms with van der Waals surface area (Å²) in [7, 11) is 3.57. The molecule has 4 heteroatoms. The van der Waals surface area contributed by atoms with Gasteiger partial charge in [0.1, 0.15) is 0 Å². The van der Waals surface area contributed by atoms with Gasteiger partial charge in [0.15, 0.2) is 0 Å². The van der Waals surface area contributed by atoms with Gasteiger partial charge in [-0.3, -0.25) is 4.90 Å². The molecule has 21 heavy (non-hydrogen) atoms. The zero-order valence-corrected chi connectivity index (χ0v) is 14.8. The first-order valence-electron chi connectivity index (χ1n) is 8.49. The molecule has 0 radical (unpaired) electrons. The topological polar surface area (TPSA) is 33.7 Å². The lowest BCUT2D eigenvalue weighted by Crippen LogP contribution is -2.55. The highest BCUT2D eigenvalue weighted by molar-refractivity contribution is 4.94. The van der Waals surface area contributed by atoms with Gasteiger partial charge in [-0.2, -0.15) is 0 Å². The first-order chi connectivity index (χ1) is 10.0. The summed E-state index contributed by atoms with van der Waals surface area (Å²) >= 11 is 0. The van der Waals surface area contributed by atoms with Gasteiger partial charge in [-0.05, 0) is 37.6 Å². The van der Waals surface area contributed by atoms with Gasteiger partial charge in [0.25, 0.3) is 0 Å². The van der Waals surface area contributed by atoms with E-state index in [2.05, 4.69) is 31.0 Å². The zero-order chi connectivity index (χ0) is 15.7. The molecule has 0 aromatic rings. The second-order valence-corrected chi connectivity index (χ2v) is 7.01. The Bertz CT molecular complexity index is 272. The van der Waals surface area contributed by atoms with Gasteiger partial charge >= 0.3 is 0 Å². The normalized spacial score (nSPS) is 25.4. The molecule has 1 N–H and O–H groups in total. The fourth-order valence-electron chi connectivity index (χ4n) is 3.50. The Kier molecular flexibility index (Phi) is 8.79. The average molecular weight is 300 g/mol. The average Bonchev–Trinajstić information content (AvgIpc) is 2.45. The summed E-state index contributed by atoms with van der Waals surface area (Å²) in [5.74, 6) is 0. The molecule has 126 valence electrons. The van der Waals surface area contributed by atoms with E-state index in [0.29, 0.717) is 17.5 Å². The van der Waals surface area contributed by atoms with Crippen LogP contribution in [-0.2, 0) is 9.47 Å².